The highest BCUT2D eigenvalue weighted by atomic mass is 31.2. The van der Waals surface area contributed by atoms with Crippen LogP contribution < -0.4 is 0 Å². The number of rotatable bonds is 38. The topological polar surface area (TPSA) is 119 Å². The fraction of sp³-hybridized carbons (Fsp3) is 0.854. The number of esters is 2. The van der Waals surface area contributed by atoms with Crippen molar-refractivity contribution in [2.75, 3.05) is 13.2 Å². The second-order valence-electron chi connectivity index (χ2n) is 14.0. The summed E-state index contributed by atoms with van der Waals surface area (Å²) in [5.41, 5.74) is 0. The predicted octanol–water partition coefficient (Wildman–Crippen LogP) is 12.4. The SMILES string of the molecule is CCCCCCCC/C=C\CCCCCCCCCC(=O)O[C@H](COC(=O)CCCCCCC/C=C\CCCCCCCC)COP(=O)(O)O. The maximum Gasteiger partial charge on any atom is 0.469 e. The number of phosphoric ester groups is 1. The Kier molecular flexibility index (Phi) is 36.2. The molecule has 1 atom stereocenters. The molecular weight excluding hydrogens is 651 g/mol. The van der Waals surface area contributed by atoms with Gasteiger partial charge in [-0.05, 0) is 64.2 Å². The molecule has 0 unspecified atom stereocenters. The van der Waals surface area contributed by atoms with E-state index in [2.05, 4.69) is 42.7 Å². The van der Waals surface area contributed by atoms with E-state index in [1.54, 1.807) is 0 Å². The number of carbonyl (C=O) groups is 2. The Balaban J connectivity index is 3.93. The van der Waals surface area contributed by atoms with E-state index in [0.717, 1.165) is 57.8 Å². The first-order valence-electron chi connectivity index (χ1n) is 20.6. The second kappa shape index (κ2) is 37.3. The summed E-state index contributed by atoms with van der Waals surface area (Å²) < 4.78 is 26.4. The molecule has 0 aliphatic carbocycles. The number of phosphoric acid groups is 1. The molecule has 0 aliphatic rings. The first-order chi connectivity index (χ1) is 24.3. The van der Waals surface area contributed by atoms with Gasteiger partial charge in [0, 0.05) is 12.8 Å². The summed E-state index contributed by atoms with van der Waals surface area (Å²) in [4.78, 5) is 42.8. The van der Waals surface area contributed by atoms with Crippen LogP contribution in [0.3, 0.4) is 0 Å². The van der Waals surface area contributed by atoms with Gasteiger partial charge in [-0.25, -0.2) is 4.57 Å². The number of hydrogen-bond donors (Lipinski definition) is 2. The molecule has 0 aromatic rings. The highest BCUT2D eigenvalue weighted by molar-refractivity contribution is 7.46. The first kappa shape index (κ1) is 48.5. The number of hydrogen-bond acceptors (Lipinski definition) is 6. The van der Waals surface area contributed by atoms with E-state index < -0.39 is 32.5 Å². The van der Waals surface area contributed by atoms with E-state index in [9.17, 15) is 14.2 Å². The van der Waals surface area contributed by atoms with Crippen molar-refractivity contribution in [2.24, 2.45) is 0 Å². The Morgan fingerprint density at radius 2 is 0.840 bits per heavy atom. The average molecular weight is 729 g/mol. The zero-order valence-corrected chi connectivity index (χ0v) is 33.2. The third-order valence-corrected chi connectivity index (χ3v) is 9.43. The van der Waals surface area contributed by atoms with Crippen molar-refractivity contribution in [1.82, 2.24) is 0 Å². The largest absolute Gasteiger partial charge is 0.469 e. The molecule has 0 bridgehead atoms. The highest BCUT2D eigenvalue weighted by Crippen LogP contribution is 2.36. The monoisotopic (exact) mass is 729 g/mol. The zero-order valence-electron chi connectivity index (χ0n) is 32.3. The third kappa shape index (κ3) is 39.3. The van der Waals surface area contributed by atoms with Crippen molar-refractivity contribution in [3.63, 3.8) is 0 Å². The van der Waals surface area contributed by atoms with Crippen molar-refractivity contribution >= 4 is 19.8 Å². The van der Waals surface area contributed by atoms with Crippen LogP contribution in [0.2, 0.25) is 0 Å². The lowest BCUT2D eigenvalue weighted by Gasteiger charge is -2.18. The van der Waals surface area contributed by atoms with Crippen LogP contribution in [0.15, 0.2) is 24.3 Å². The van der Waals surface area contributed by atoms with Gasteiger partial charge in [-0.15, -0.1) is 0 Å². The zero-order chi connectivity index (χ0) is 36.8. The molecule has 50 heavy (non-hydrogen) atoms. The molecule has 0 saturated heterocycles. The molecule has 2 N–H and O–H groups in total. The van der Waals surface area contributed by atoms with Crippen molar-refractivity contribution in [3.8, 4) is 0 Å². The van der Waals surface area contributed by atoms with Gasteiger partial charge in [0.05, 0.1) is 6.61 Å². The summed E-state index contributed by atoms with van der Waals surface area (Å²) in [6.45, 7) is 3.67. The van der Waals surface area contributed by atoms with Crippen LogP contribution in [0.5, 0.6) is 0 Å². The van der Waals surface area contributed by atoms with Crippen molar-refractivity contribution < 1.29 is 37.9 Å². The van der Waals surface area contributed by atoms with Crippen LogP contribution in [0.4, 0.5) is 0 Å². The molecule has 0 aromatic heterocycles. The molecule has 0 aromatic carbocycles. The van der Waals surface area contributed by atoms with Gasteiger partial charge in [-0.3, -0.25) is 14.1 Å². The van der Waals surface area contributed by atoms with Gasteiger partial charge >= 0.3 is 19.8 Å². The lowest BCUT2D eigenvalue weighted by atomic mass is 10.1. The average Bonchev–Trinajstić information content (AvgIpc) is 3.08. The molecule has 8 nitrogen and oxygen atoms in total. The maximum atomic E-state index is 12.4. The molecule has 0 heterocycles. The van der Waals surface area contributed by atoms with Gasteiger partial charge in [-0.1, -0.05) is 154 Å². The Morgan fingerprint density at radius 1 is 0.500 bits per heavy atom. The van der Waals surface area contributed by atoms with E-state index in [4.69, 9.17) is 19.3 Å². The lowest BCUT2D eigenvalue weighted by molar-refractivity contribution is -0.161. The molecule has 0 amide bonds. The molecular formula is C41H77O8P. The Bertz CT molecular complexity index is 869. The van der Waals surface area contributed by atoms with Gasteiger partial charge in [0.2, 0.25) is 0 Å². The molecule has 0 fully saturated rings. The number of unbranched alkanes of at least 4 members (excludes halogenated alkanes) is 24. The van der Waals surface area contributed by atoms with Crippen LogP contribution in [0, 0.1) is 0 Å². The summed E-state index contributed by atoms with van der Waals surface area (Å²) >= 11 is 0. The minimum Gasteiger partial charge on any atom is -0.462 e. The summed E-state index contributed by atoms with van der Waals surface area (Å²) in [7, 11) is -4.75. The van der Waals surface area contributed by atoms with Crippen molar-refractivity contribution in [1.29, 1.82) is 0 Å². The normalized spacial score (nSPS) is 12.6. The Morgan fingerprint density at radius 3 is 1.22 bits per heavy atom. The van der Waals surface area contributed by atoms with E-state index in [1.807, 2.05) is 0 Å². The van der Waals surface area contributed by atoms with Crippen LogP contribution in [0.25, 0.3) is 0 Å². The summed E-state index contributed by atoms with van der Waals surface area (Å²) in [5.74, 6) is -0.894. The van der Waals surface area contributed by atoms with Crippen molar-refractivity contribution in [3.05, 3.63) is 24.3 Å². The van der Waals surface area contributed by atoms with Gasteiger partial charge in [0.1, 0.15) is 6.61 Å². The van der Waals surface area contributed by atoms with Crippen LogP contribution in [-0.2, 0) is 28.2 Å². The van der Waals surface area contributed by atoms with Gasteiger partial charge in [-0.2, -0.15) is 0 Å². The van der Waals surface area contributed by atoms with Gasteiger partial charge in [0.25, 0.3) is 0 Å². The van der Waals surface area contributed by atoms with Gasteiger partial charge in [0.15, 0.2) is 6.10 Å². The molecule has 0 rings (SSSR count). The maximum absolute atomic E-state index is 12.4. The smallest absolute Gasteiger partial charge is 0.462 e. The third-order valence-electron chi connectivity index (χ3n) is 8.94. The number of ether oxygens (including phenoxy) is 2. The minimum absolute atomic E-state index is 0.207. The van der Waals surface area contributed by atoms with Gasteiger partial charge < -0.3 is 19.3 Å². The molecule has 0 saturated carbocycles. The van der Waals surface area contributed by atoms with E-state index in [-0.39, 0.29) is 19.4 Å². The van der Waals surface area contributed by atoms with E-state index in [0.29, 0.717) is 12.8 Å². The highest BCUT2D eigenvalue weighted by Gasteiger charge is 2.22. The van der Waals surface area contributed by atoms with E-state index >= 15 is 0 Å². The molecule has 0 radical (unpaired) electrons. The van der Waals surface area contributed by atoms with Crippen molar-refractivity contribution in [2.45, 2.75) is 213 Å². The van der Waals surface area contributed by atoms with Crippen LogP contribution in [-0.4, -0.2) is 41.0 Å². The fourth-order valence-electron chi connectivity index (χ4n) is 5.83. The molecule has 0 spiro atoms. The first-order valence-corrected chi connectivity index (χ1v) is 22.2. The van der Waals surface area contributed by atoms with E-state index in [1.165, 1.54) is 109 Å². The van der Waals surface area contributed by atoms with Crippen LogP contribution >= 0.6 is 7.82 Å². The lowest BCUT2D eigenvalue weighted by Crippen LogP contribution is -2.29. The van der Waals surface area contributed by atoms with Crippen LogP contribution in [0.1, 0.15) is 206 Å². The predicted molar refractivity (Wildman–Crippen MR) is 207 cm³/mol. The fourth-order valence-corrected chi connectivity index (χ4v) is 6.19. The quantitative estimate of drug-likeness (QED) is 0.0279. The Hall–Kier alpha value is -1.47. The Labute approximate surface area is 307 Å². The molecule has 0 aliphatic heterocycles. The molecule has 294 valence electrons. The second-order valence-corrected chi connectivity index (χ2v) is 15.2. The number of allylic oxidation sites excluding steroid dienone is 4. The summed E-state index contributed by atoms with van der Waals surface area (Å²) in [6.07, 6.45) is 41.8. The molecule has 9 heteroatoms. The standard InChI is InChI=1S/C41H77O8P/c1-3-5-7-9-11-13-15-17-19-20-22-24-26-28-30-32-34-36-41(43)49-39(38-48-50(44,45)46)37-47-40(42)35-33-31-29-27-25-23-21-18-16-14-12-10-8-6-4-2/h17-19,21,39H,3-16,20,22-38H2,1-2H3,(H2,44,45,46)/b19-17-,21-18-/t39-/m1/s1. The summed E-state index contributed by atoms with van der Waals surface area (Å²) in [6, 6.07) is 0. The summed E-state index contributed by atoms with van der Waals surface area (Å²) in [5, 5.41) is 0. The minimum atomic E-state index is -4.75. The number of carbonyl (C=O) groups excluding carboxylic acids is 2.